The van der Waals surface area contributed by atoms with Gasteiger partial charge in [-0.2, -0.15) is 5.26 Å². The number of carbonyl (C=O) groups is 1. The molecule has 9 nitrogen and oxygen atoms in total. The Morgan fingerprint density at radius 2 is 2.06 bits per heavy atom. The third-order valence-corrected chi connectivity index (χ3v) is 4.96. The number of hydrogen-bond donors (Lipinski definition) is 3. The van der Waals surface area contributed by atoms with Gasteiger partial charge >= 0.3 is 0 Å². The highest BCUT2D eigenvalue weighted by Crippen LogP contribution is 2.29. The molecular formula is C22H19FN8O. The molecule has 0 radical (unpaired) electrons. The number of benzene rings is 2. The zero-order valence-corrected chi connectivity index (χ0v) is 17.3. The molecule has 0 spiro atoms. The number of aromatic nitrogens is 4. The van der Waals surface area contributed by atoms with Gasteiger partial charge in [-0.25, -0.2) is 19.3 Å². The number of rotatable bonds is 5. The lowest BCUT2D eigenvalue weighted by Crippen LogP contribution is -2.18. The zero-order chi connectivity index (χ0) is 22.8. The molecule has 1 amide bonds. The number of hydrogen-bond acceptors (Lipinski definition) is 7. The van der Waals surface area contributed by atoms with Crippen molar-refractivity contribution >= 4 is 28.6 Å². The Morgan fingerprint density at radius 1 is 1.25 bits per heavy atom. The lowest BCUT2D eigenvalue weighted by atomic mass is 10.1. The van der Waals surface area contributed by atoms with Crippen LogP contribution in [0.5, 0.6) is 0 Å². The number of nitrogens with one attached hydrogen (secondary N) is 2. The van der Waals surface area contributed by atoms with Crippen molar-refractivity contribution in [1.82, 2.24) is 24.8 Å². The summed E-state index contributed by atoms with van der Waals surface area (Å²) in [5.41, 5.74) is 8.09. The van der Waals surface area contributed by atoms with E-state index in [1.807, 2.05) is 13.0 Å². The fourth-order valence-corrected chi connectivity index (χ4v) is 3.45. The van der Waals surface area contributed by atoms with E-state index in [9.17, 15) is 14.4 Å². The maximum absolute atomic E-state index is 14.1. The smallest absolute Gasteiger partial charge is 0.251 e. The zero-order valence-electron chi connectivity index (χ0n) is 17.3. The summed E-state index contributed by atoms with van der Waals surface area (Å²) in [5.74, 6) is 0.192. The minimum absolute atomic E-state index is 0.0612. The highest BCUT2D eigenvalue weighted by Gasteiger charge is 2.21. The number of nitrogen functional groups attached to an aromatic ring is 1. The van der Waals surface area contributed by atoms with Crippen LogP contribution in [-0.2, 0) is 0 Å². The van der Waals surface area contributed by atoms with E-state index in [4.69, 9.17) is 5.73 Å². The van der Waals surface area contributed by atoms with Gasteiger partial charge in [-0.05, 0) is 37.3 Å². The molecule has 0 aliphatic carbocycles. The first kappa shape index (κ1) is 20.7. The largest absolute Gasteiger partial charge is 0.382 e. The van der Waals surface area contributed by atoms with Gasteiger partial charge in [-0.3, -0.25) is 9.36 Å². The fourth-order valence-electron chi connectivity index (χ4n) is 3.45. The molecule has 1 atom stereocenters. The molecule has 0 fully saturated rings. The number of anilines is 2. The van der Waals surface area contributed by atoms with Gasteiger partial charge in [0.25, 0.3) is 5.91 Å². The second-order valence-electron chi connectivity index (χ2n) is 7.03. The van der Waals surface area contributed by atoms with Crippen molar-refractivity contribution in [3.8, 4) is 11.8 Å². The summed E-state index contributed by atoms with van der Waals surface area (Å²) in [4.78, 5) is 24.8. The Bertz CT molecular complexity index is 1370. The Morgan fingerprint density at radius 3 is 2.81 bits per heavy atom. The van der Waals surface area contributed by atoms with E-state index in [1.54, 1.807) is 41.9 Å². The average molecular weight is 430 g/mol. The van der Waals surface area contributed by atoms with Crippen molar-refractivity contribution < 1.29 is 9.18 Å². The minimum atomic E-state index is -0.462. The molecule has 2 heterocycles. The molecule has 4 rings (SSSR count). The highest BCUT2D eigenvalue weighted by molar-refractivity contribution is 5.94. The number of carbonyl (C=O) groups excluding carboxylic acids is 1. The van der Waals surface area contributed by atoms with Crippen LogP contribution >= 0.6 is 0 Å². The molecule has 4 N–H and O–H groups in total. The lowest BCUT2D eigenvalue weighted by molar-refractivity contribution is 0.0963. The molecular weight excluding hydrogens is 411 g/mol. The van der Waals surface area contributed by atoms with Crippen molar-refractivity contribution in [1.29, 1.82) is 5.26 Å². The molecule has 2 aromatic heterocycles. The summed E-state index contributed by atoms with van der Waals surface area (Å²) in [6, 6.07) is 12.8. The standard InChI is InChI=1S/C22H19FN8O/c1-12(29-20-16(10-24)19(25)27-11-28-20)21-30-17-7-6-14(23)9-18(17)31(21)15-5-3-4-13(8-15)22(32)26-2/h3-9,11-12H,1-2H3,(H,26,32)(H3,25,27,28,29)/t12-/m1/s1. The SMILES string of the molecule is CNC(=O)c1cccc(-n2c([C@@H](C)Nc3ncnc(N)c3C#N)nc3ccc(F)cc32)c1. The maximum Gasteiger partial charge on any atom is 0.251 e. The molecule has 0 saturated heterocycles. The van der Waals surface area contributed by atoms with Crippen LogP contribution in [0.3, 0.4) is 0 Å². The van der Waals surface area contributed by atoms with E-state index in [2.05, 4.69) is 25.6 Å². The van der Waals surface area contributed by atoms with Crippen LogP contribution in [0.2, 0.25) is 0 Å². The van der Waals surface area contributed by atoms with Gasteiger partial charge in [-0.1, -0.05) is 6.07 Å². The van der Waals surface area contributed by atoms with Gasteiger partial charge in [-0.15, -0.1) is 0 Å². The summed E-state index contributed by atoms with van der Waals surface area (Å²) >= 11 is 0. The van der Waals surface area contributed by atoms with E-state index in [1.165, 1.54) is 18.5 Å². The number of imidazole rings is 1. The first-order valence-electron chi connectivity index (χ1n) is 9.70. The van der Waals surface area contributed by atoms with Gasteiger partial charge in [0.2, 0.25) is 0 Å². The van der Waals surface area contributed by atoms with Gasteiger partial charge < -0.3 is 16.4 Å². The molecule has 0 aliphatic heterocycles. The molecule has 2 aromatic carbocycles. The van der Waals surface area contributed by atoms with Crippen molar-refractivity contribution in [3.63, 3.8) is 0 Å². The number of fused-ring (bicyclic) bond motifs is 1. The predicted octanol–water partition coefficient (Wildman–Crippen LogP) is 2.94. The molecule has 160 valence electrons. The maximum atomic E-state index is 14.1. The van der Waals surface area contributed by atoms with Crippen molar-refractivity contribution in [3.05, 3.63) is 71.6 Å². The number of halogens is 1. The van der Waals surface area contributed by atoms with Gasteiger partial charge in [0, 0.05) is 24.4 Å². The van der Waals surface area contributed by atoms with Gasteiger partial charge in [0.1, 0.15) is 41.2 Å². The quantitative estimate of drug-likeness (QED) is 0.443. The van der Waals surface area contributed by atoms with Crippen LogP contribution < -0.4 is 16.4 Å². The van der Waals surface area contributed by atoms with Crippen LogP contribution in [0.15, 0.2) is 48.8 Å². The number of nitriles is 1. The predicted molar refractivity (Wildman–Crippen MR) is 118 cm³/mol. The molecule has 10 heteroatoms. The first-order chi connectivity index (χ1) is 15.4. The van der Waals surface area contributed by atoms with E-state index in [0.717, 1.165) is 0 Å². The van der Waals surface area contributed by atoms with E-state index in [0.29, 0.717) is 28.1 Å². The molecule has 32 heavy (non-hydrogen) atoms. The molecule has 0 bridgehead atoms. The van der Waals surface area contributed by atoms with E-state index < -0.39 is 11.9 Å². The second-order valence-corrected chi connectivity index (χ2v) is 7.03. The van der Waals surface area contributed by atoms with Crippen LogP contribution in [0.4, 0.5) is 16.0 Å². The summed E-state index contributed by atoms with van der Waals surface area (Å²) in [6.45, 7) is 1.83. The Kier molecular flexibility index (Phi) is 5.39. The summed E-state index contributed by atoms with van der Waals surface area (Å²) < 4.78 is 15.9. The monoisotopic (exact) mass is 430 g/mol. The van der Waals surface area contributed by atoms with Crippen LogP contribution in [0.25, 0.3) is 16.7 Å². The highest BCUT2D eigenvalue weighted by atomic mass is 19.1. The van der Waals surface area contributed by atoms with Crippen LogP contribution in [-0.4, -0.2) is 32.5 Å². The normalized spacial score (nSPS) is 11.7. The Balaban J connectivity index is 1.87. The molecule has 0 saturated carbocycles. The Hall–Kier alpha value is -4.52. The lowest BCUT2D eigenvalue weighted by Gasteiger charge is -2.18. The molecule has 0 unspecified atom stereocenters. The fraction of sp³-hybridized carbons (Fsp3) is 0.136. The summed E-state index contributed by atoms with van der Waals surface area (Å²) in [7, 11) is 1.55. The van der Waals surface area contributed by atoms with E-state index in [-0.39, 0.29) is 23.1 Å². The topological polar surface area (TPSA) is 135 Å². The number of nitrogens with zero attached hydrogens (tertiary/aromatic N) is 5. The molecule has 0 aliphatic rings. The minimum Gasteiger partial charge on any atom is -0.382 e. The third-order valence-electron chi connectivity index (χ3n) is 4.96. The number of amides is 1. The van der Waals surface area contributed by atoms with Gasteiger partial charge in [0.05, 0.1) is 17.1 Å². The van der Waals surface area contributed by atoms with Gasteiger partial charge in [0.15, 0.2) is 0 Å². The average Bonchev–Trinajstić information content (AvgIpc) is 3.17. The first-order valence-corrected chi connectivity index (χ1v) is 9.70. The summed E-state index contributed by atoms with van der Waals surface area (Å²) in [5, 5.41) is 15.2. The third kappa shape index (κ3) is 3.67. The second kappa shape index (κ2) is 8.31. The van der Waals surface area contributed by atoms with Crippen molar-refractivity contribution in [2.45, 2.75) is 13.0 Å². The Labute approximate surface area is 182 Å². The summed E-state index contributed by atoms with van der Waals surface area (Å²) in [6.07, 6.45) is 1.26. The number of nitrogens with two attached hydrogens (primary N) is 1. The van der Waals surface area contributed by atoms with Crippen LogP contribution in [0.1, 0.15) is 34.7 Å². The van der Waals surface area contributed by atoms with E-state index >= 15 is 0 Å². The van der Waals surface area contributed by atoms with Crippen LogP contribution in [0, 0.1) is 17.1 Å². The van der Waals surface area contributed by atoms with Crippen molar-refractivity contribution in [2.24, 2.45) is 0 Å². The van der Waals surface area contributed by atoms with Crippen molar-refractivity contribution in [2.75, 3.05) is 18.1 Å². The molecule has 4 aromatic rings.